The molecule has 0 rings (SSSR count). The lowest BCUT2D eigenvalue weighted by atomic mass is 10.0. The number of rotatable bonds is 38. The van der Waals surface area contributed by atoms with Gasteiger partial charge in [0.15, 0.2) is 0 Å². The lowest BCUT2D eigenvalue weighted by Gasteiger charge is -2.25. The smallest absolute Gasteiger partial charge is 0.387 e. The number of nitrogens with one attached hydrogen (secondary N) is 1. The Morgan fingerprint density at radius 1 is 0.635 bits per heavy atom. The number of nitrogens with zero attached hydrogens (tertiary/aromatic N) is 1. The SMILES string of the molecule is CCCCCCCCCCCCCCCCC/C=C/CC/C=C/CC/C=C/C(O)C(COP(=O)(O)OCC[N+](C)(C)C)NC(=O)CCCCCCC. The van der Waals surface area contributed by atoms with Crippen molar-refractivity contribution in [1.82, 2.24) is 5.32 Å². The van der Waals surface area contributed by atoms with E-state index >= 15 is 0 Å². The predicted molar refractivity (Wildman–Crippen MR) is 221 cm³/mol. The number of allylic oxidation sites excluding steroid dienone is 5. The van der Waals surface area contributed by atoms with Gasteiger partial charge in [0.1, 0.15) is 13.2 Å². The van der Waals surface area contributed by atoms with Crippen molar-refractivity contribution in [2.75, 3.05) is 40.9 Å². The molecule has 0 radical (unpaired) electrons. The number of aliphatic hydroxyl groups is 1. The highest BCUT2D eigenvalue weighted by atomic mass is 31.2. The molecule has 52 heavy (non-hydrogen) atoms. The molecule has 0 aromatic heterocycles. The van der Waals surface area contributed by atoms with E-state index in [9.17, 15) is 19.4 Å². The molecule has 0 bridgehead atoms. The second kappa shape index (κ2) is 35.4. The average molecular weight is 756 g/mol. The van der Waals surface area contributed by atoms with E-state index < -0.39 is 20.0 Å². The van der Waals surface area contributed by atoms with Gasteiger partial charge in [0.2, 0.25) is 5.91 Å². The molecule has 0 heterocycles. The van der Waals surface area contributed by atoms with Crippen LogP contribution in [-0.2, 0) is 18.4 Å². The summed E-state index contributed by atoms with van der Waals surface area (Å²) >= 11 is 0. The maximum Gasteiger partial charge on any atom is 0.472 e. The zero-order valence-electron chi connectivity index (χ0n) is 34.5. The first-order valence-electron chi connectivity index (χ1n) is 21.4. The van der Waals surface area contributed by atoms with Crippen LogP contribution in [0.5, 0.6) is 0 Å². The van der Waals surface area contributed by atoms with E-state index in [1.807, 2.05) is 27.2 Å². The van der Waals surface area contributed by atoms with Gasteiger partial charge in [-0.15, -0.1) is 0 Å². The van der Waals surface area contributed by atoms with Crippen LogP contribution < -0.4 is 5.32 Å². The van der Waals surface area contributed by atoms with Crippen molar-refractivity contribution in [2.45, 2.75) is 193 Å². The molecular weight excluding hydrogens is 671 g/mol. The van der Waals surface area contributed by atoms with Gasteiger partial charge in [0.25, 0.3) is 0 Å². The summed E-state index contributed by atoms with van der Waals surface area (Å²) in [6, 6.07) is -0.862. The van der Waals surface area contributed by atoms with Crippen LogP contribution in [0.3, 0.4) is 0 Å². The summed E-state index contributed by atoms with van der Waals surface area (Å²) in [4.78, 5) is 22.8. The number of carbonyl (C=O) groups excluding carboxylic acids is 1. The molecule has 306 valence electrons. The van der Waals surface area contributed by atoms with Crippen molar-refractivity contribution in [3.8, 4) is 0 Å². The van der Waals surface area contributed by atoms with Crippen LogP contribution in [0.25, 0.3) is 0 Å². The number of likely N-dealkylation sites (N-methyl/N-ethyl adjacent to an activating group) is 1. The summed E-state index contributed by atoms with van der Waals surface area (Å²) in [6.45, 7) is 4.68. The standard InChI is InChI=1S/C43H83N2O6P/c1-6-8-10-12-13-14-15-16-17-18-19-20-21-22-23-24-25-26-27-28-29-30-31-33-34-36-42(46)41(44-43(47)37-35-32-11-9-7-2)40-51-52(48,49)50-39-38-45(3,4)5/h25-26,29-30,34,36,41-42,46H,6-24,27-28,31-33,35,37-40H2,1-5H3,(H-,44,47,48,49)/p+1/b26-25+,30-29+,36-34+. The second-order valence-electron chi connectivity index (χ2n) is 15.7. The zero-order valence-corrected chi connectivity index (χ0v) is 35.4. The van der Waals surface area contributed by atoms with E-state index in [0.29, 0.717) is 17.4 Å². The van der Waals surface area contributed by atoms with Crippen LogP contribution in [0.4, 0.5) is 0 Å². The van der Waals surface area contributed by atoms with Gasteiger partial charge < -0.3 is 19.8 Å². The van der Waals surface area contributed by atoms with Crippen LogP contribution in [0, 0.1) is 0 Å². The van der Waals surface area contributed by atoms with E-state index in [1.165, 1.54) is 103 Å². The number of aliphatic hydroxyl groups excluding tert-OH is 1. The number of hydrogen-bond acceptors (Lipinski definition) is 5. The first kappa shape index (κ1) is 50.7. The molecular formula is C43H84N2O6P+. The van der Waals surface area contributed by atoms with E-state index in [4.69, 9.17) is 9.05 Å². The number of quaternary nitrogens is 1. The molecule has 0 saturated carbocycles. The number of phosphoric acid groups is 1. The molecule has 0 aliphatic rings. The first-order chi connectivity index (χ1) is 25.0. The Balaban J connectivity index is 4.21. The van der Waals surface area contributed by atoms with Gasteiger partial charge >= 0.3 is 7.82 Å². The van der Waals surface area contributed by atoms with E-state index in [2.05, 4.69) is 43.5 Å². The minimum Gasteiger partial charge on any atom is -0.387 e. The molecule has 0 aliphatic carbocycles. The minimum absolute atomic E-state index is 0.0535. The Labute approximate surface area is 321 Å². The van der Waals surface area contributed by atoms with Crippen molar-refractivity contribution < 1.29 is 32.9 Å². The fourth-order valence-corrected chi connectivity index (χ4v) is 6.63. The Kier molecular flexibility index (Phi) is 34.6. The third kappa shape index (κ3) is 37.1. The van der Waals surface area contributed by atoms with Crippen molar-refractivity contribution in [3.05, 3.63) is 36.5 Å². The monoisotopic (exact) mass is 756 g/mol. The third-order valence-electron chi connectivity index (χ3n) is 9.34. The summed E-state index contributed by atoms with van der Waals surface area (Å²) in [5.74, 6) is -0.205. The number of hydrogen-bond donors (Lipinski definition) is 3. The van der Waals surface area contributed by atoms with Crippen LogP contribution in [0.2, 0.25) is 0 Å². The molecule has 3 atom stereocenters. The molecule has 3 N–H and O–H groups in total. The lowest BCUT2D eigenvalue weighted by Crippen LogP contribution is -2.45. The number of phosphoric ester groups is 1. The third-order valence-corrected chi connectivity index (χ3v) is 10.3. The predicted octanol–water partition coefficient (Wildman–Crippen LogP) is 11.5. The quantitative estimate of drug-likeness (QED) is 0.0251. The molecule has 0 aromatic carbocycles. The van der Waals surface area contributed by atoms with E-state index in [1.54, 1.807) is 6.08 Å². The Morgan fingerprint density at radius 3 is 1.54 bits per heavy atom. The van der Waals surface area contributed by atoms with Gasteiger partial charge in [-0.05, 0) is 44.9 Å². The topological polar surface area (TPSA) is 105 Å². The van der Waals surface area contributed by atoms with Crippen LogP contribution in [0.15, 0.2) is 36.5 Å². The molecule has 3 unspecified atom stereocenters. The Hall–Kier alpha value is -1.28. The molecule has 1 amide bonds. The van der Waals surface area contributed by atoms with Crippen LogP contribution >= 0.6 is 7.82 Å². The fraction of sp³-hybridized carbons (Fsp3) is 0.837. The molecule has 0 saturated heterocycles. The maximum atomic E-state index is 12.6. The van der Waals surface area contributed by atoms with Crippen LogP contribution in [-0.4, -0.2) is 73.4 Å². The van der Waals surface area contributed by atoms with Crippen molar-refractivity contribution in [2.24, 2.45) is 0 Å². The van der Waals surface area contributed by atoms with Crippen molar-refractivity contribution >= 4 is 13.7 Å². The molecule has 0 aliphatic heterocycles. The largest absolute Gasteiger partial charge is 0.472 e. The van der Waals surface area contributed by atoms with E-state index in [0.717, 1.165) is 57.8 Å². The summed E-state index contributed by atoms with van der Waals surface area (Å²) in [6.07, 6.45) is 42.8. The van der Waals surface area contributed by atoms with E-state index in [-0.39, 0.29) is 19.1 Å². The van der Waals surface area contributed by atoms with Gasteiger partial charge in [-0.2, -0.15) is 0 Å². The van der Waals surface area contributed by atoms with Crippen molar-refractivity contribution in [3.63, 3.8) is 0 Å². The van der Waals surface area contributed by atoms with Gasteiger partial charge in [-0.3, -0.25) is 13.8 Å². The highest BCUT2D eigenvalue weighted by Gasteiger charge is 2.27. The van der Waals surface area contributed by atoms with Gasteiger partial charge in [0.05, 0.1) is 39.9 Å². The molecule has 0 fully saturated rings. The summed E-state index contributed by atoms with van der Waals surface area (Å²) in [7, 11) is 1.54. The zero-order chi connectivity index (χ0) is 38.6. The van der Waals surface area contributed by atoms with Crippen LogP contribution in [0.1, 0.15) is 181 Å². The highest BCUT2D eigenvalue weighted by molar-refractivity contribution is 7.47. The first-order valence-corrected chi connectivity index (χ1v) is 22.9. The van der Waals surface area contributed by atoms with Gasteiger partial charge in [-0.25, -0.2) is 4.57 Å². The van der Waals surface area contributed by atoms with Crippen molar-refractivity contribution in [1.29, 1.82) is 0 Å². The second-order valence-corrected chi connectivity index (χ2v) is 17.2. The Morgan fingerprint density at radius 2 is 1.06 bits per heavy atom. The normalized spacial score (nSPS) is 14.8. The maximum absolute atomic E-state index is 12.6. The van der Waals surface area contributed by atoms with Gasteiger partial charge in [0, 0.05) is 6.42 Å². The summed E-state index contributed by atoms with van der Waals surface area (Å²) < 4.78 is 23.3. The summed E-state index contributed by atoms with van der Waals surface area (Å²) in [5, 5.41) is 13.6. The average Bonchev–Trinajstić information content (AvgIpc) is 3.09. The van der Waals surface area contributed by atoms with Gasteiger partial charge in [-0.1, -0.05) is 166 Å². The fourth-order valence-electron chi connectivity index (χ4n) is 5.90. The number of amides is 1. The number of carbonyl (C=O) groups is 1. The molecule has 0 spiro atoms. The minimum atomic E-state index is -4.33. The lowest BCUT2D eigenvalue weighted by molar-refractivity contribution is -0.870. The molecule has 9 heteroatoms. The summed E-state index contributed by atoms with van der Waals surface area (Å²) in [5.41, 5.74) is 0. The number of unbranched alkanes of at least 4 members (excludes halogenated alkanes) is 21. The molecule has 0 aromatic rings. The highest BCUT2D eigenvalue weighted by Crippen LogP contribution is 2.43. The Bertz CT molecular complexity index is 948. The molecule has 8 nitrogen and oxygen atoms in total.